The standard InChI is InChI=1S/C21H24BrNO5/c1-10(2)28-21(26)17-11(3)23-14-6-5-7-15(24)19(14)18(17)12-8-13(22)20(25)16(9-12)27-4/h8-10,17-18,25H,5-7H2,1-4H3/t17?,18-/m0/s1. The van der Waals surface area contributed by atoms with Crippen LogP contribution in [0.3, 0.4) is 0 Å². The monoisotopic (exact) mass is 449 g/mol. The number of esters is 1. The molecule has 1 heterocycles. The van der Waals surface area contributed by atoms with Gasteiger partial charge in [0.2, 0.25) is 0 Å². The smallest absolute Gasteiger partial charge is 0.315 e. The topological polar surface area (TPSA) is 85.2 Å². The summed E-state index contributed by atoms with van der Waals surface area (Å²) in [5.41, 5.74) is 2.65. The zero-order valence-electron chi connectivity index (χ0n) is 16.4. The molecule has 0 saturated heterocycles. The van der Waals surface area contributed by atoms with Gasteiger partial charge in [0.1, 0.15) is 5.92 Å². The fraction of sp³-hybridized carbons (Fsp3) is 0.476. The first-order valence-corrected chi connectivity index (χ1v) is 10.1. The molecule has 0 radical (unpaired) electrons. The number of hydrogen-bond acceptors (Lipinski definition) is 6. The minimum atomic E-state index is -0.704. The summed E-state index contributed by atoms with van der Waals surface area (Å²) in [6.45, 7) is 5.38. The molecule has 0 aromatic heterocycles. The second-order valence-electron chi connectivity index (χ2n) is 7.38. The summed E-state index contributed by atoms with van der Waals surface area (Å²) in [6, 6.07) is 3.40. The van der Waals surface area contributed by atoms with Crippen LogP contribution in [0.15, 0.2) is 32.9 Å². The summed E-state index contributed by atoms with van der Waals surface area (Å²) in [7, 11) is 1.46. The molecule has 2 aliphatic rings. The van der Waals surface area contributed by atoms with Gasteiger partial charge in [0.25, 0.3) is 0 Å². The molecule has 0 fully saturated rings. The Hall–Kier alpha value is -2.15. The zero-order chi connectivity index (χ0) is 20.6. The van der Waals surface area contributed by atoms with Gasteiger partial charge in [-0.25, -0.2) is 0 Å². The van der Waals surface area contributed by atoms with E-state index in [9.17, 15) is 14.7 Å². The lowest BCUT2D eigenvalue weighted by Gasteiger charge is -2.35. The first-order chi connectivity index (χ1) is 13.2. The van der Waals surface area contributed by atoms with Gasteiger partial charge in [-0.2, -0.15) is 0 Å². The molecule has 1 aliphatic heterocycles. The maximum atomic E-state index is 13.0. The predicted molar refractivity (Wildman–Crippen MR) is 109 cm³/mol. The molecular formula is C21H24BrNO5. The molecule has 1 aromatic carbocycles. The molecule has 2 atom stereocenters. The van der Waals surface area contributed by atoms with Crippen LogP contribution in [0, 0.1) is 5.92 Å². The number of halogens is 1. The van der Waals surface area contributed by atoms with Crippen LogP contribution in [0.1, 0.15) is 51.5 Å². The van der Waals surface area contributed by atoms with Crippen molar-refractivity contribution < 1.29 is 24.2 Å². The molecule has 0 saturated carbocycles. The normalized spacial score (nSPS) is 22.1. The number of hydrogen-bond donors (Lipinski definition) is 1. The molecule has 1 aliphatic carbocycles. The van der Waals surface area contributed by atoms with Crippen LogP contribution < -0.4 is 4.74 Å². The first-order valence-electron chi connectivity index (χ1n) is 9.32. The van der Waals surface area contributed by atoms with Crippen molar-refractivity contribution in [1.82, 2.24) is 0 Å². The van der Waals surface area contributed by atoms with Gasteiger partial charge in [0.15, 0.2) is 17.3 Å². The number of aromatic hydroxyl groups is 1. The summed E-state index contributed by atoms with van der Waals surface area (Å²) in [5, 5.41) is 10.2. The molecule has 0 bridgehead atoms. The van der Waals surface area contributed by atoms with Crippen molar-refractivity contribution in [3.05, 3.63) is 33.4 Å². The molecule has 1 unspecified atom stereocenters. The summed E-state index contributed by atoms with van der Waals surface area (Å²) in [6.07, 6.45) is 1.62. The number of aliphatic imine (C=N–C) groups is 1. The predicted octanol–water partition coefficient (Wildman–Crippen LogP) is 4.30. The van der Waals surface area contributed by atoms with E-state index < -0.39 is 17.8 Å². The Balaban J connectivity index is 2.20. The number of carbonyl (C=O) groups is 2. The van der Waals surface area contributed by atoms with Crippen LogP contribution >= 0.6 is 15.9 Å². The lowest BCUT2D eigenvalue weighted by Crippen LogP contribution is -2.38. The molecule has 7 heteroatoms. The molecule has 3 rings (SSSR count). The number of methoxy groups -OCH3 is 1. The van der Waals surface area contributed by atoms with Crippen LogP contribution in [0.5, 0.6) is 11.5 Å². The Bertz CT molecular complexity index is 887. The van der Waals surface area contributed by atoms with E-state index in [0.717, 1.165) is 12.1 Å². The Kier molecular flexibility index (Phi) is 5.93. The van der Waals surface area contributed by atoms with Crippen LogP contribution in [0.2, 0.25) is 0 Å². The van der Waals surface area contributed by atoms with Crippen LogP contribution in [0.4, 0.5) is 0 Å². The van der Waals surface area contributed by atoms with E-state index in [4.69, 9.17) is 9.47 Å². The van der Waals surface area contributed by atoms with Crippen LogP contribution in [0.25, 0.3) is 0 Å². The zero-order valence-corrected chi connectivity index (χ0v) is 18.0. The van der Waals surface area contributed by atoms with Crippen molar-refractivity contribution in [2.45, 2.75) is 52.1 Å². The maximum Gasteiger partial charge on any atom is 0.315 e. The third-order valence-electron chi connectivity index (χ3n) is 5.07. The average molecular weight is 450 g/mol. The molecular weight excluding hydrogens is 426 g/mol. The summed E-state index contributed by atoms with van der Waals surface area (Å²) in [4.78, 5) is 30.4. The largest absolute Gasteiger partial charge is 0.503 e. The molecule has 6 nitrogen and oxygen atoms in total. The Morgan fingerprint density at radius 3 is 2.68 bits per heavy atom. The van der Waals surface area contributed by atoms with Crippen molar-refractivity contribution in [3.63, 3.8) is 0 Å². The van der Waals surface area contributed by atoms with Gasteiger partial charge in [-0.15, -0.1) is 0 Å². The van der Waals surface area contributed by atoms with Gasteiger partial charge in [-0.3, -0.25) is 14.6 Å². The van der Waals surface area contributed by atoms with Crippen molar-refractivity contribution in [3.8, 4) is 11.5 Å². The van der Waals surface area contributed by atoms with Gasteiger partial charge in [-0.1, -0.05) is 0 Å². The number of phenolic OH excluding ortho intramolecular Hbond substituents is 1. The van der Waals surface area contributed by atoms with E-state index in [1.54, 1.807) is 32.9 Å². The highest BCUT2D eigenvalue weighted by molar-refractivity contribution is 9.10. The molecule has 0 spiro atoms. The Morgan fingerprint density at radius 2 is 2.04 bits per heavy atom. The van der Waals surface area contributed by atoms with Crippen molar-refractivity contribution in [2.75, 3.05) is 7.11 Å². The van der Waals surface area contributed by atoms with E-state index in [1.165, 1.54) is 7.11 Å². The number of phenols is 1. The van der Waals surface area contributed by atoms with Gasteiger partial charge >= 0.3 is 5.97 Å². The molecule has 1 N–H and O–H groups in total. The quantitative estimate of drug-likeness (QED) is 0.692. The van der Waals surface area contributed by atoms with Crippen LogP contribution in [-0.4, -0.2) is 35.8 Å². The third-order valence-corrected chi connectivity index (χ3v) is 5.67. The fourth-order valence-corrected chi connectivity index (χ4v) is 4.37. The maximum absolute atomic E-state index is 13.0. The molecule has 0 amide bonds. The van der Waals surface area contributed by atoms with Gasteiger partial charge in [-0.05, 0) is 67.2 Å². The third kappa shape index (κ3) is 3.72. The minimum Gasteiger partial charge on any atom is -0.503 e. The van der Waals surface area contributed by atoms with Crippen molar-refractivity contribution in [2.24, 2.45) is 10.9 Å². The average Bonchev–Trinajstić information content (AvgIpc) is 2.62. The molecule has 150 valence electrons. The van der Waals surface area contributed by atoms with Gasteiger partial charge in [0.05, 0.1) is 17.7 Å². The van der Waals surface area contributed by atoms with E-state index >= 15 is 0 Å². The number of nitrogens with zero attached hydrogens (tertiary/aromatic N) is 1. The highest BCUT2D eigenvalue weighted by atomic mass is 79.9. The fourth-order valence-electron chi connectivity index (χ4n) is 3.91. The Morgan fingerprint density at radius 1 is 1.32 bits per heavy atom. The summed E-state index contributed by atoms with van der Waals surface area (Å²) < 4.78 is 11.2. The van der Waals surface area contributed by atoms with E-state index in [1.807, 2.05) is 0 Å². The second-order valence-corrected chi connectivity index (χ2v) is 8.24. The summed E-state index contributed by atoms with van der Waals surface area (Å²) >= 11 is 3.34. The lowest BCUT2D eigenvalue weighted by atomic mass is 9.71. The first kappa shape index (κ1) is 20.6. The summed E-state index contributed by atoms with van der Waals surface area (Å²) in [5.74, 6) is -1.40. The number of benzene rings is 1. The van der Waals surface area contributed by atoms with E-state index in [-0.39, 0.29) is 23.4 Å². The number of allylic oxidation sites excluding steroid dienone is 2. The minimum absolute atomic E-state index is 0.00742. The molecule has 1 aromatic rings. The SMILES string of the molecule is COc1cc([C@@H]2C3=C(CCCC3=O)N=C(C)C2C(=O)OC(C)C)cc(Br)c1O. The number of ether oxygens (including phenoxy) is 2. The Labute approximate surface area is 172 Å². The van der Waals surface area contributed by atoms with Gasteiger partial charge in [0, 0.05) is 29.3 Å². The van der Waals surface area contributed by atoms with E-state index in [2.05, 4.69) is 20.9 Å². The second kappa shape index (κ2) is 8.07. The van der Waals surface area contributed by atoms with Crippen molar-refractivity contribution >= 4 is 33.4 Å². The molecule has 28 heavy (non-hydrogen) atoms. The van der Waals surface area contributed by atoms with Crippen LogP contribution in [-0.2, 0) is 14.3 Å². The number of Topliss-reactive ketones (excluding diaryl/α,β-unsaturated/α-hetero) is 1. The highest BCUT2D eigenvalue weighted by Gasteiger charge is 2.43. The lowest BCUT2D eigenvalue weighted by molar-refractivity contribution is -0.150. The number of ketones is 1. The number of carbonyl (C=O) groups excluding carboxylic acids is 2. The number of rotatable bonds is 4. The van der Waals surface area contributed by atoms with Gasteiger partial charge < -0.3 is 14.6 Å². The highest BCUT2D eigenvalue weighted by Crippen LogP contribution is 2.46. The van der Waals surface area contributed by atoms with Crippen molar-refractivity contribution in [1.29, 1.82) is 0 Å². The van der Waals surface area contributed by atoms with E-state index in [0.29, 0.717) is 34.2 Å².